The molecule has 0 saturated heterocycles. The lowest BCUT2D eigenvalue weighted by Crippen LogP contribution is -2.46. The molecule has 2 aromatic carbocycles. The minimum absolute atomic E-state index is 0.0554. The molecule has 0 aromatic heterocycles. The Bertz CT molecular complexity index is 704. The van der Waals surface area contributed by atoms with Crippen LogP contribution >= 0.6 is 0 Å². The van der Waals surface area contributed by atoms with Crippen molar-refractivity contribution in [2.45, 2.75) is 12.5 Å². The van der Waals surface area contributed by atoms with Crippen molar-refractivity contribution in [3.05, 3.63) is 71.3 Å². The van der Waals surface area contributed by atoms with Crippen LogP contribution in [-0.4, -0.2) is 17.9 Å². The molecule has 0 aliphatic rings. The van der Waals surface area contributed by atoms with E-state index in [-0.39, 0.29) is 17.5 Å². The van der Waals surface area contributed by atoms with Gasteiger partial charge in [-0.2, -0.15) is 0 Å². The average molecular weight is 304 g/mol. The summed E-state index contributed by atoms with van der Waals surface area (Å²) < 4.78 is 26.7. The Morgan fingerprint density at radius 2 is 1.82 bits per heavy atom. The Kier molecular flexibility index (Phi) is 4.83. The Labute approximate surface area is 125 Å². The van der Waals surface area contributed by atoms with Gasteiger partial charge in [-0.15, -0.1) is 0 Å². The van der Waals surface area contributed by atoms with E-state index < -0.39 is 29.5 Å². The molecule has 2 amide bonds. The lowest BCUT2D eigenvalue weighted by molar-refractivity contribution is -0.119. The summed E-state index contributed by atoms with van der Waals surface area (Å²) in [6.07, 6.45) is -0.0803. The third kappa shape index (κ3) is 3.88. The van der Waals surface area contributed by atoms with Crippen LogP contribution in [0.5, 0.6) is 0 Å². The molecule has 2 aromatic rings. The van der Waals surface area contributed by atoms with E-state index in [0.29, 0.717) is 0 Å². The summed E-state index contributed by atoms with van der Waals surface area (Å²) >= 11 is 0. The highest BCUT2D eigenvalue weighted by atomic mass is 19.1. The molecule has 0 heterocycles. The summed E-state index contributed by atoms with van der Waals surface area (Å²) in [6.45, 7) is 0. The van der Waals surface area contributed by atoms with Crippen LogP contribution in [-0.2, 0) is 11.2 Å². The van der Waals surface area contributed by atoms with E-state index in [1.807, 2.05) is 0 Å². The monoisotopic (exact) mass is 304 g/mol. The number of primary amides is 1. The lowest BCUT2D eigenvalue weighted by Gasteiger charge is -2.16. The van der Waals surface area contributed by atoms with Crippen LogP contribution in [0.3, 0.4) is 0 Å². The first-order chi connectivity index (χ1) is 10.5. The molecule has 0 fully saturated rings. The van der Waals surface area contributed by atoms with Gasteiger partial charge in [0.1, 0.15) is 17.7 Å². The van der Waals surface area contributed by atoms with Crippen molar-refractivity contribution in [2.75, 3.05) is 0 Å². The van der Waals surface area contributed by atoms with E-state index in [9.17, 15) is 18.4 Å². The van der Waals surface area contributed by atoms with Gasteiger partial charge in [-0.05, 0) is 29.8 Å². The first-order valence-electron chi connectivity index (χ1n) is 6.56. The average Bonchev–Trinajstić information content (AvgIpc) is 2.48. The minimum atomic E-state index is -1.09. The SMILES string of the molecule is NC(=O)[C@H](Cc1ccccc1F)NC(=O)c1cccc(F)c1. The lowest BCUT2D eigenvalue weighted by atomic mass is 10.0. The minimum Gasteiger partial charge on any atom is -0.368 e. The van der Waals surface area contributed by atoms with Crippen molar-refractivity contribution in [1.82, 2.24) is 5.32 Å². The number of hydrogen-bond acceptors (Lipinski definition) is 2. The van der Waals surface area contributed by atoms with Crippen molar-refractivity contribution in [1.29, 1.82) is 0 Å². The van der Waals surface area contributed by atoms with Crippen LogP contribution in [0, 0.1) is 11.6 Å². The maximum absolute atomic E-state index is 13.6. The topological polar surface area (TPSA) is 72.2 Å². The number of amides is 2. The molecule has 3 N–H and O–H groups in total. The third-order valence-corrected chi connectivity index (χ3v) is 3.12. The molecule has 4 nitrogen and oxygen atoms in total. The fourth-order valence-electron chi connectivity index (χ4n) is 1.98. The van der Waals surface area contributed by atoms with Crippen LogP contribution < -0.4 is 11.1 Å². The van der Waals surface area contributed by atoms with Crippen molar-refractivity contribution in [3.8, 4) is 0 Å². The highest BCUT2D eigenvalue weighted by Gasteiger charge is 2.21. The quantitative estimate of drug-likeness (QED) is 0.884. The molecule has 0 radical (unpaired) electrons. The maximum atomic E-state index is 13.6. The van der Waals surface area contributed by atoms with Crippen LogP contribution in [0.2, 0.25) is 0 Å². The predicted molar refractivity (Wildman–Crippen MR) is 77.0 cm³/mol. The smallest absolute Gasteiger partial charge is 0.252 e. The molecule has 0 aliphatic carbocycles. The number of rotatable bonds is 5. The van der Waals surface area contributed by atoms with E-state index in [1.165, 1.54) is 36.4 Å². The van der Waals surface area contributed by atoms with Crippen molar-refractivity contribution in [3.63, 3.8) is 0 Å². The van der Waals surface area contributed by atoms with Gasteiger partial charge in [0.2, 0.25) is 5.91 Å². The maximum Gasteiger partial charge on any atom is 0.252 e. The van der Waals surface area contributed by atoms with Crippen molar-refractivity contribution >= 4 is 11.8 Å². The summed E-state index contributed by atoms with van der Waals surface area (Å²) in [7, 11) is 0. The summed E-state index contributed by atoms with van der Waals surface area (Å²) in [5.41, 5.74) is 5.55. The van der Waals surface area contributed by atoms with Crippen molar-refractivity contribution in [2.24, 2.45) is 5.73 Å². The Morgan fingerprint density at radius 1 is 1.09 bits per heavy atom. The van der Waals surface area contributed by atoms with E-state index in [0.717, 1.165) is 6.07 Å². The predicted octanol–water partition coefficient (Wildman–Crippen LogP) is 1.79. The zero-order chi connectivity index (χ0) is 16.1. The zero-order valence-corrected chi connectivity index (χ0v) is 11.6. The van der Waals surface area contributed by atoms with Gasteiger partial charge in [-0.3, -0.25) is 9.59 Å². The standard InChI is InChI=1S/C16H14F2N2O2/c17-12-6-3-5-11(8-12)16(22)20-14(15(19)21)9-10-4-1-2-7-13(10)18/h1-8,14H,9H2,(H2,19,21)(H,20,22)/t14-/m0/s1. The normalized spacial score (nSPS) is 11.7. The summed E-state index contributed by atoms with van der Waals surface area (Å²) in [4.78, 5) is 23.5. The number of nitrogens with one attached hydrogen (secondary N) is 1. The van der Waals surface area contributed by atoms with E-state index in [4.69, 9.17) is 5.73 Å². The first kappa shape index (κ1) is 15.6. The molecule has 6 heteroatoms. The number of carbonyl (C=O) groups is 2. The molecule has 0 spiro atoms. The Morgan fingerprint density at radius 3 is 2.45 bits per heavy atom. The second kappa shape index (κ2) is 6.80. The molecule has 1 atom stereocenters. The molecular formula is C16H14F2N2O2. The Balaban J connectivity index is 2.14. The number of hydrogen-bond donors (Lipinski definition) is 2. The van der Waals surface area contributed by atoms with Gasteiger partial charge < -0.3 is 11.1 Å². The zero-order valence-electron chi connectivity index (χ0n) is 11.6. The summed E-state index contributed by atoms with van der Waals surface area (Å²) in [5, 5.41) is 2.39. The molecule has 0 saturated carbocycles. The molecule has 0 aliphatic heterocycles. The largest absolute Gasteiger partial charge is 0.368 e. The van der Waals surface area contributed by atoms with E-state index in [1.54, 1.807) is 6.07 Å². The highest BCUT2D eigenvalue weighted by Crippen LogP contribution is 2.10. The second-order valence-corrected chi connectivity index (χ2v) is 4.73. The van der Waals surface area contributed by atoms with Gasteiger partial charge in [-0.25, -0.2) is 8.78 Å². The van der Waals surface area contributed by atoms with Crippen molar-refractivity contribution < 1.29 is 18.4 Å². The number of carbonyl (C=O) groups excluding carboxylic acids is 2. The van der Waals surface area contributed by atoms with Crippen LogP contribution in [0.4, 0.5) is 8.78 Å². The molecule has 0 bridgehead atoms. The van der Waals surface area contributed by atoms with Gasteiger partial charge in [0, 0.05) is 12.0 Å². The molecule has 0 unspecified atom stereocenters. The van der Waals surface area contributed by atoms with Gasteiger partial charge in [-0.1, -0.05) is 24.3 Å². The number of nitrogens with two attached hydrogens (primary N) is 1. The summed E-state index contributed by atoms with van der Waals surface area (Å²) in [6, 6.07) is 9.81. The van der Waals surface area contributed by atoms with Crippen LogP contribution in [0.15, 0.2) is 48.5 Å². The molecule has 22 heavy (non-hydrogen) atoms. The van der Waals surface area contributed by atoms with E-state index >= 15 is 0 Å². The van der Waals surface area contributed by atoms with Gasteiger partial charge in [0.25, 0.3) is 5.91 Å². The number of halogens is 2. The van der Waals surface area contributed by atoms with Crippen LogP contribution in [0.1, 0.15) is 15.9 Å². The molecule has 2 rings (SSSR count). The van der Waals surface area contributed by atoms with E-state index in [2.05, 4.69) is 5.32 Å². The summed E-state index contributed by atoms with van der Waals surface area (Å²) in [5.74, 6) is -2.52. The first-order valence-corrected chi connectivity index (χ1v) is 6.56. The molecule has 114 valence electrons. The third-order valence-electron chi connectivity index (χ3n) is 3.12. The van der Waals surface area contributed by atoms with Gasteiger partial charge in [0.05, 0.1) is 0 Å². The fraction of sp³-hybridized carbons (Fsp3) is 0.125. The van der Waals surface area contributed by atoms with Gasteiger partial charge >= 0.3 is 0 Å². The number of benzene rings is 2. The van der Waals surface area contributed by atoms with Gasteiger partial charge in [0.15, 0.2) is 0 Å². The second-order valence-electron chi connectivity index (χ2n) is 4.73. The Hall–Kier alpha value is -2.76. The molecular weight excluding hydrogens is 290 g/mol. The highest BCUT2D eigenvalue weighted by molar-refractivity contribution is 5.97. The fourth-order valence-corrected chi connectivity index (χ4v) is 1.98. The van der Waals surface area contributed by atoms with Crippen LogP contribution in [0.25, 0.3) is 0 Å².